The Morgan fingerprint density at radius 3 is 3.06 bits per heavy atom. The lowest BCUT2D eigenvalue weighted by Crippen LogP contribution is -2.10. The maximum Gasteiger partial charge on any atom is 0.140 e. The van der Waals surface area contributed by atoms with E-state index in [1.807, 2.05) is 6.07 Å². The van der Waals surface area contributed by atoms with Crippen LogP contribution in [-0.2, 0) is 4.74 Å². The molecule has 16 heavy (non-hydrogen) atoms. The molecule has 1 aliphatic rings. The van der Waals surface area contributed by atoms with E-state index in [4.69, 9.17) is 4.74 Å². The van der Waals surface area contributed by atoms with Crippen LogP contribution in [0.4, 0.5) is 5.82 Å². The molecule has 88 valence electrons. The molecule has 3 nitrogen and oxygen atoms in total. The summed E-state index contributed by atoms with van der Waals surface area (Å²) in [6.45, 7) is 2.78. The number of rotatable bonds is 4. The van der Waals surface area contributed by atoms with Crippen molar-refractivity contribution < 1.29 is 4.74 Å². The highest BCUT2D eigenvalue weighted by Gasteiger charge is 2.14. The van der Waals surface area contributed by atoms with E-state index >= 15 is 0 Å². The second kappa shape index (κ2) is 5.98. The Kier molecular flexibility index (Phi) is 4.61. The van der Waals surface area contributed by atoms with Crippen LogP contribution >= 0.6 is 31.9 Å². The third-order valence-electron chi connectivity index (χ3n) is 2.68. The van der Waals surface area contributed by atoms with Gasteiger partial charge in [-0.25, -0.2) is 4.98 Å². The van der Waals surface area contributed by atoms with Gasteiger partial charge in [-0.15, -0.1) is 0 Å². The summed E-state index contributed by atoms with van der Waals surface area (Å²) in [5, 5.41) is 3.33. The Labute approximate surface area is 112 Å². The Balaban J connectivity index is 1.80. The summed E-state index contributed by atoms with van der Waals surface area (Å²) in [7, 11) is 0. The molecule has 1 saturated heterocycles. The molecule has 0 amide bonds. The molecule has 1 atom stereocenters. The van der Waals surface area contributed by atoms with Crippen molar-refractivity contribution in [3.8, 4) is 0 Å². The number of anilines is 1. The molecule has 1 unspecified atom stereocenters. The first-order chi connectivity index (χ1) is 7.75. The quantitative estimate of drug-likeness (QED) is 0.904. The smallest absolute Gasteiger partial charge is 0.140 e. The van der Waals surface area contributed by atoms with Crippen LogP contribution in [0.25, 0.3) is 0 Å². The van der Waals surface area contributed by atoms with Crippen molar-refractivity contribution in [2.45, 2.75) is 12.8 Å². The number of pyridine rings is 1. The van der Waals surface area contributed by atoms with E-state index in [1.165, 1.54) is 6.42 Å². The van der Waals surface area contributed by atoms with E-state index in [0.717, 1.165) is 40.9 Å². The zero-order chi connectivity index (χ0) is 11.4. The Morgan fingerprint density at radius 1 is 1.50 bits per heavy atom. The van der Waals surface area contributed by atoms with Gasteiger partial charge in [0.15, 0.2) is 0 Å². The fraction of sp³-hybridized carbons (Fsp3) is 0.545. The minimum Gasteiger partial charge on any atom is -0.381 e. The fourth-order valence-electron chi connectivity index (χ4n) is 1.75. The minimum atomic E-state index is 0.710. The molecule has 2 rings (SSSR count). The van der Waals surface area contributed by atoms with Crippen LogP contribution in [0.1, 0.15) is 12.8 Å². The summed E-state index contributed by atoms with van der Waals surface area (Å²) in [6.07, 6.45) is 4.13. The van der Waals surface area contributed by atoms with Crippen LogP contribution in [0.15, 0.2) is 21.2 Å². The van der Waals surface area contributed by atoms with Crippen LogP contribution < -0.4 is 5.32 Å². The Hall–Kier alpha value is -0.130. The average molecular weight is 350 g/mol. The number of nitrogens with zero attached hydrogens (tertiary/aromatic N) is 1. The van der Waals surface area contributed by atoms with E-state index in [9.17, 15) is 0 Å². The maximum atomic E-state index is 5.34. The molecule has 5 heteroatoms. The number of hydrogen-bond acceptors (Lipinski definition) is 3. The van der Waals surface area contributed by atoms with Gasteiger partial charge in [-0.3, -0.25) is 0 Å². The van der Waals surface area contributed by atoms with Crippen molar-refractivity contribution in [3.63, 3.8) is 0 Å². The molecule has 1 aromatic rings. The first-order valence-electron chi connectivity index (χ1n) is 5.38. The summed E-state index contributed by atoms with van der Waals surface area (Å²) in [5.41, 5.74) is 0. The van der Waals surface area contributed by atoms with Crippen molar-refractivity contribution in [2.24, 2.45) is 5.92 Å². The zero-order valence-corrected chi connectivity index (χ0v) is 12.1. The molecule has 1 fully saturated rings. The highest BCUT2D eigenvalue weighted by molar-refractivity contribution is 9.11. The topological polar surface area (TPSA) is 34.2 Å². The number of ether oxygens (including phenoxy) is 1. The Bertz CT molecular complexity index is 354. The standard InChI is InChI=1S/C11H14Br2N2O/c12-9-5-10(13)11(15-6-9)14-3-1-8-2-4-16-7-8/h5-6,8H,1-4,7H2,(H,14,15). The van der Waals surface area contributed by atoms with Gasteiger partial charge in [-0.1, -0.05) is 0 Å². The molecule has 0 bridgehead atoms. The van der Waals surface area contributed by atoms with Crippen molar-refractivity contribution in [3.05, 3.63) is 21.2 Å². The van der Waals surface area contributed by atoms with Crippen molar-refractivity contribution in [1.29, 1.82) is 0 Å². The normalized spacial score (nSPS) is 20.0. The number of halogens is 2. The third kappa shape index (κ3) is 3.43. The average Bonchev–Trinajstić information content (AvgIpc) is 2.74. The molecule has 0 aliphatic carbocycles. The minimum absolute atomic E-state index is 0.710. The van der Waals surface area contributed by atoms with Gasteiger partial charge in [0.2, 0.25) is 0 Å². The maximum absolute atomic E-state index is 5.34. The van der Waals surface area contributed by atoms with Gasteiger partial charge >= 0.3 is 0 Å². The number of aromatic nitrogens is 1. The number of nitrogens with one attached hydrogen (secondary N) is 1. The zero-order valence-electron chi connectivity index (χ0n) is 8.88. The lowest BCUT2D eigenvalue weighted by atomic mass is 10.1. The predicted octanol–water partition coefficient (Wildman–Crippen LogP) is 3.45. The molecule has 0 radical (unpaired) electrons. The van der Waals surface area contributed by atoms with E-state index < -0.39 is 0 Å². The molecule has 2 heterocycles. The number of hydrogen-bond donors (Lipinski definition) is 1. The van der Waals surface area contributed by atoms with Gasteiger partial charge in [-0.05, 0) is 56.7 Å². The van der Waals surface area contributed by atoms with Gasteiger partial charge in [0.25, 0.3) is 0 Å². The monoisotopic (exact) mass is 348 g/mol. The Morgan fingerprint density at radius 2 is 2.38 bits per heavy atom. The van der Waals surface area contributed by atoms with E-state index in [-0.39, 0.29) is 0 Å². The van der Waals surface area contributed by atoms with Crippen LogP contribution in [0.5, 0.6) is 0 Å². The lowest BCUT2D eigenvalue weighted by Gasteiger charge is -2.10. The highest BCUT2D eigenvalue weighted by atomic mass is 79.9. The summed E-state index contributed by atoms with van der Waals surface area (Å²) in [5.74, 6) is 1.61. The molecular formula is C11H14Br2N2O. The molecular weight excluding hydrogens is 336 g/mol. The second-order valence-corrected chi connectivity index (χ2v) is 5.70. The lowest BCUT2D eigenvalue weighted by molar-refractivity contribution is 0.185. The third-order valence-corrected chi connectivity index (χ3v) is 3.71. The van der Waals surface area contributed by atoms with Crippen molar-refractivity contribution >= 4 is 37.7 Å². The molecule has 1 aliphatic heterocycles. The molecule has 1 aromatic heterocycles. The van der Waals surface area contributed by atoms with E-state index in [2.05, 4.69) is 42.2 Å². The highest BCUT2D eigenvalue weighted by Crippen LogP contribution is 2.24. The van der Waals surface area contributed by atoms with Crippen LogP contribution in [0.3, 0.4) is 0 Å². The summed E-state index contributed by atoms with van der Waals surface area (Å²) >= 11 is 6.86. The van der Waals surface area contributed by atoms with Gasteiger partial charge in [0, 0.05) is 30.4 Å². The second-order valence-electron chi connectivity index (χ2n) is 3.93. The molecule has 1 N–H and O–H groups in total. The molecule has 0 spiro atoms. The van der Waals surface area contributed by atoms with Crippen LogP contribution in [0.2, 0.25) is 0 Å². The van der Waals surface area contributed by atoms with Gasteiger partial charge in [-0.2, -0.15) is 0 Å². The molecule has 0 saturated carbocycles. The molecule has 0 aromatic carbocycles. The fourth-order valence-corrected chi connectivity index (χ4v) is 2.88. The van der Waals surface area contributed by atoms with E-state index in [0.29, 0.717) is 5.92 Å². The summed E-state index contributed by atoms with van der Waals surface area (Å²) in [4.78, 5) is 4.31. The van der Waals surface area contributed by atoms with Gasteiger partial charge in [0.05, 0.1) is 4.47 Å². The van der Waals surface area contributed by atoms with Crippen LogP contribution in [0, 0.1) is 5.92 Å². The predicted molar refractivity (Wildman–Crippen MR) is 71.7 cm³/mol. The van der Waals surface area contributed by atoms with Crippen molar-refractivity contribution in [1.82, 2.24) is 4.98 Å². The largest absolute Gasteiger partial charge is 0.381 e. The van der Waals surface area contributed by atoms with Crippen LogP contribution in [-0.4, -0.2) is 24.7 Å². The summed E-state index contributed by atoms with van der Waals surface area (Å²) in [6, 6.07) is 1.99. The van der Waals surface area contributed by atoms with E-state index in [1.54, 1.807) is 6.20 Å². The van der Waals surface area contributed by atoms with Gasteiger partial charge < -0.3 is 10.1 Å². The van der Waals surface area contributed by atoms with Gasteiger partial charge in [0.1, 0.15) is 5.82 Å². The first kappa shape index (κ1) is 12.3. The first-order valence-corrected chi connectivity index (χ1v) is 6.97. The van der Waals surface area contributed by atoms with Crippen molar-refractivity contribution in [2.75, 3.05) is 25.1 Å². The SMILES string of the molecule is Brc1cnc(NCCC2CCOC2)c(Br)c1. The summed E-state index contributed by atoms with van der Waals surface area (Å²) < 4.78 is 7.31.